The molecular formula is C15H16Cl2N2O2. The highest BCUT2D eigenvalue weighted by Gasteiger charge is 2.18. The Balaban J connectivity index is 2.52. The molecule has 0 fully saturated rings. The Bertz CT molecular complexity index is 613. The lowest BCUT2D eigenvalue weighted by molar-refractivity contribution is 0.392. The molecule has 0 aromatic heterocycles. The summed E-state index contributed by atoms with van der Waals surface area (Å²) in [4.78, 5) is 0. The molecule has 0 aliphatic heterocycles. The van der Waals surface area contributed by atoms with Crippen molar-refractivity contribution in [2.75, 3.05) is 14.2 Å². The molecule has 2 aromatic carbocycles. The first kappa shape index (κ1) is 15.9. The molecule has 4 nitrogen and oxygen atoms in total. The summed E-state index contributed by atoms with van der Waals surface area (Å²) in [6.45, 7) is 0. The van der Waals surface area contributed by atoms with Gasteiger partial charge in [0.2, 0.25) is 0 Å². The molecule has 112 valence electrons. The van der Waals surface area contributed by atoms with Gasteiger partial charge in [0, 0.05) is 16.1 Å². The van der Waals surface area contributed by atoms with E-state index >= 15 is 0 Å². The molecule has 0 spiro atoms. The average Bonchev–Trinajstić information content (AvgIpc) is 2.51. The maximum atomic E-state index is 6.25. The van der Waals surface area contributed by atoms with Gasteiger partial charge in [-0.3, -0.25) is 5.84 Å². The van der Waals surface area contributed by atoms with E-state index in [1.54, 1.807) is 38.5 Å². The number of hydrazine groups is 1. The largest absolute Gasteiger partial charge is 0.497 e. The predicted octanol–water partition coefficient (Wildman–Crippen LogP) is 3.56. The second-order valence-electron chi connectivity index (χ2n) is 4.41. The van der Waals surface area contributed by atoms with Crippen molar-refractivity contribution >= 4 is 23.2 Å². The Morgan fingerprint density at radius 3 is 2.14 bits per heavy atom. The molecule has 21 heavy (non-hydrogen) atoms. The lowest BCUT2D eigenvalue weighted by atomic mass is 9.98. The Morgan fingerprint density at radius 1 is 1.00 bits per heavy atom. The van der Waals surface area contributed by atoms with Gasteiger partial charge >= 0.3 is 0 Å². The van der Waals surface area contributed by atoms with Crippen molar-refractivity contribution in [2.45, 2.75) is 6.04 Å². The monoisotopic (exact) mass is 326 g/mol. The van der Waals surface area contributed by atoms with Gasteiger partial charge in [-0.25, -0.2) is 5.43 Å². The van der Waals surface area contributed by atoms with Gasteiger partial charge in [0.15, 0.2) is 0 Å². The standard InChI is InChI=1S/C15H16Cl2N2O2/c1-20-11-5-9(6-12(8-11)21-2)15(19-18)13-7-10(16)3-4-14(13)17/h3-8,15,19H,18H2,1-2H3. The van der Waals surface area contributed by atoms with E-state index < -0.39 is 0 Å². The van der Waals surface area contributed by atoms with E-state index in [4.69, 9.17) is 38.5 Å². The summed E-state index contributed by atoms with van der Waals surface area (Å²) >= 11 is 12.3. The van der Waals surface area contributed by atoms with Crippen LogP contribution in [0.15, 0.2) is 36.4 Å². The molecule has 0 radical (unpaired) electrons. The summed E-state index contributed by atoms with van der Waals surface area (Å²) in [6.07, 6.45) is 0. The van der Waals surface area contributed by atoms with E-state index in [-0.39, 0.29) is 6.04 Å². The van der Waals surface area contributed by atoms with Crippen LogP contribution in [0.2, 0.25) is 10.0 Å². The number of hydrogen-bond donors (Lipinski definition) is 2. The highest BCUT2D eigenvalue weighted by atomic mass is 35.5. The van der Waals surface area contributed by atoms with Gasteiger partial charge in [-0.1, -0.05) is 23.2 Å². The molecule has 0 bridgehead atoms. The van der Waals surface area contributed by atoms with Crippen molar-refractivity contribution in [2.24, 2.45) is 5.84 Å². The van der Waals surface area contributed by atoms with Crippen molar-refractivity contribution < 1.29 is 9.47 Å². The number of rotatable bonds is 5. The molecule has 0 amide bonds. The molecule has 6 heteroatoms. The SMILES string of the molecule is COc1cc(OC)cc(C(NN)c2cc(Cl)ccc2Cl)c1. The lowest BCUT2D eigenvalue weighted by Gasteiger charge is -2.20. The van der Waals surface area contributed by atoms with Crippen LogP contribution in [0, 0.1) is 0 Å². The van der Waals surface area contributed by atoms with Gasteiger partial charge in [-0.05, 0) is 41.5 Å². The third-order valence-electron chi connectivity index (χ3n) is 3.14. The van der Waals surface area contributed by atoms with Crippen LogP contribution in [-0.2, 0) is 0 Å². The van der Waals surface area contributed by atoms with E-state index in [0.717, 1.165) is 11.1 Å². The van der Waals surface area contributed by atoms with Crippen LogP contribution in [-0.4, -0.2) is 14.2 Å². The third kappa shape index (κ3) is 3.60. The van der Waals surface area contributed by atoms with E-state index in [9.17, 15) is 0 Å². The number of ether oxygens (including phenoxy) is 2. The number of nitrogens with two attached hydrogens (primary N) is 1. The molecule has 2 aromatic rings. The maximum absolute atomic E-state index is 6.25. The molecule has 0 aliphatic rings. The summed E-state index contributed by atoms with van der Waals surface area (Å²) in [5, 5.41) is 1.16. The first-order chi connectivity index (χ1) is 10.1. The normalized spacial score (nSPS) is 12.0. The fraction of sp³-hybridized carbons (Fsp3) is 0.200. The summed E-state index contributed by atoms with van der Waals surface area (Å²) in [5.41, 5.74) is 4.39. The Labute approximate surface area is 133 Å². The number of hydrogen-bond acceptors (Lipinski definition) is 4. The van der Waals surface area contributed by atoms with E-state index in [2.05, 4.69) is 5.43 Å². The molecule has 0 saturated heterocycles. The van der Waals surface area contributed by atoms with Crippen molar-refractivity contribution in [1.29, 1.82) is 0 Å². The van der Waals surface area contributed by atoms with Gasteiger partial charge in [0.1, 0.15) is 11.5 Å². The van der Waals surface area contributed by atoms with Crippen LogP contribution in [0.3, 0.4) is 0 Å². The fourth-order valence-corrected chi connectivity index (χ4v) is 2.50. The zero-order valence-corrected chi connectivity index (χ0v) is 13.2. The van der Waals surface area contributed by atoms with Crippen LogP contribution in [0.4, 0.5) is 0 Å². The van der Waals surface area contributed by atoms with Crippen LogP contribution < -0.4 is 20.7 Å². The summed E-state index contributed by atoms with van der Waals surface area (Å²) in [5.74, 6) is 7.04. The van der Waals surface area contributed by atoms with Crippen LogP contribution >= 0.6 is 23.2 Å². The minimum atomic E-state index is -0.333. The van der Waals surface area contributed by atoms with E-state index in [1.807, 2.05) is 12.1 Å². The van der Waals surface area contributed by atoms with Crippen molar-refractivity contribution in [3.63, 3.8) is 0 Å². The highest BCUT2D eigenvalue weighted by Crippen LogP contribution is 2.33. The predicted molar refractivity (Wildman–Crippen MR) is 85.2 cm³/mol. The minimum Gasteiger partial charge on any atom is -0.497 e. The molecule has 0 heterocycles. The first-order valence-electron chi connectivity index (χ1n) is 6.23. The Kier molecular flexibility index (Phi) is 5.31. The molecule has 2 rings (SSSR count). The Morgan fingerprint density at radius 2 is 1.62 bits per heavy atom. The Hall–Kier alpha value is -1.46. The summed E-state index contributed by atoms with van der Waals surface area (Å²) in [7, 11) is 3.19. The lowest BCUT2D eigenvalue weighted by Crippen LogP contribution is -2.29. The van der Waals surface area contributed by atoms with Gasteiger partial charge in [-0.2, -0.15) is 0 Å². The van der Waals surface area contributed by atoms with Crippen molar-refractivity contribution in [1.82, 2.24) is 5.43 Å². The van der Waals surface area contributed by atoms with Gasteiger partial charge in [0.05, 0.1) is 20.3 Å². The second kappa shape index (κ2) is 7.00. The zero-order valence-electron chi connectivity index (χ0n) is 11.7. The maximum Gasteiger partial charge on any atom is 0.122 e. The van der Waals surface area contributed by atoms with Gasteiger partial charge in [0.25, 0.3) is 0 Å². The number of methoxy groups -OCH3 is 2. The van der Waals surface area contributed by atoms with Gasteiger partial charge < -0.3 is 9.47 Å². The zero-order chi connectivity index (χ0) is 15.4. The molecule has 3 N–H and O–H groups in total. The van der Waals surface area contributed by atoms with Crippen LogP contribution in [0.5, 0.6) is 11.5 Å². The van der Waals surface area contributed by atoms with Crippen LogP contribution in [0.25, 0.3) is 0 Å². The molecular weight excluding hydrogens is 311 g/mol. The quantitative estimate of drug-likeness (QED) is 0.651. The highest BCUT2D eigenvalue weighted by molar-refractivity contribution is 6.33. The van der Waals surface area contributed by atoms with E-state index in [1.165, 1.54) is 0 Å². The number of halogens is 2. The number of benzene rings is 2. The third-order valence-corrected chi connectivity index (χ3v) is 3.72. The number of nitrogens with one attached hydrogen (secondary N) is 1. The first-order valence-corrected chi connectivity index (χ1v) is 6.98. The van der Waals surface area contributed by atoms with E-state index in [0.29, 0.717) is 21.5 Å². The molecule has 1 atom stereocenters. The topological polar surface area (TPSA) is 56.5 Å². The smallest absolute Gasteiger partial charge is 0.122 e. The molecule has 0 saturated carbocycles. The van der Waals surface area contributed by atoms with Gasteiger partial charge in [-0.15, -0.1) is 0 Å². The molecule has 1 unspecified atom stereocenters. The second-order valence-corrected chi connectivity index (χ2v) is 5.26. The minimum absolute atomic E-state index is 0.333. The molecule has 0 aliphatic carbocycles. The van der Waals surface area contributed by atoms with Crippen molar-refractivity contribution in [3.8, 4) is 11.5 Å². The average molecular weight is 327 g/mol. The summed E-state index contributed by atoms with van der Waals surface area (Å²) < 4.78 is 10.5. The fourth-order valence-electron chi connectivity index (χ4n) is 2.10. The van der Waals surface area contributed by atoms with Crippen LogP contribution in [0.1, 0.15) is 17.2 Å². The van der Waals surface area contributed by atoms with Crippen molar-refractivity contribution in [3.05, 3.63) is 57.6 Å². The summed E-state index contributed by atoms with van der Waals surface area (Å²) in [6, 6.07) is 10.4.